The summed E-state index contributed by atoms with van der Waals surface area (Å²) < 4.78 is 23.9. The second-order valence-corrected chi connectivity index (χ2v) is 4.66. The highest BCUT2D eigenvalue weighted by atomic mass is 79.9. The minimum absolute atomic E-state index is 0.345. The van der Waals surface area contributed by atoms with E-state index in [4.69, 9.17) is 9.26 Å². The lowest BCUT2D eigenvalue weighted by molar-refractivity contribution is 0.197. The molecule has 0 saturated carbocycles. The van der Waals surface area contributed by atoms with E-state index in [2.05, 4.69) is 31.4 Å². The largest absolute Gasteiger partial charge is 0.383 e. The molecule has 0 aliphatic carbocycles. The second-order valence-electron chi connectivity index (χ2n) is 3.81. The van der Waals surface area contributed by atoms with Crippen molar-refractivity contribution in [2.45, 2.75) is 6.54 Å². The predicted molar refractivity (Wildman–Crippen MR) is 71.0 cm³/mol. The Balaban J connectivity index is 2.06. The Morgan fingerprint density at radius 3 is 3.11 bits per heavy atom. The minimum Gasteiger partial charge on any atom is -0.383 e. The van der Waals surface area contributed by atoms with Crippen molar-refractivity contribution in [1.82, 2.24) is 15.5 Å². The Labute approximate surface area is 118 Å². The molecule has 0 aliphatic rings. The molecule has 0 fully saturated rings. The molecule has 7 heteroatoms. The summed E-state index contributed by atoms with van der Waals surface area (Å²) in [5.41, 5.74) is 0.562. The standard InChI is InChI=1S/C12H13BrFN3O2/c1-18-5-4-15-7-11-16-12(17-19-11)9-6-8(14)2-3-10(9)13/h2-3,6,15H,4-5,7H2,1H3. The summed E-state index contributed by atoms with van der Waals surface area (Å²) in [5, 5.41) is 6.92. The first-order valence-electron chi connectivity index (χ1n) is 5.68. The summed E-state index contributed by atoms with van der Waals surface area (Å²) in [4.78, 5) is 4.20. The molecule has 2 rings (SSSR count). The van der Waals surface area contributed by atoms with E-state index in [1.54, 1.807) is 13.2 Å². The maximum Gasteiger partial charge on any atom is 0.240 e. The molecule has 0 spiro atoms. The van der Waals surface area contributed by atoms with Crippen molar-refractivity contribution >= 4 is 15.9 Å². The van der Waals surface area contributed by atoms with Crippen molar-refractivity contribution in [3.8, 4) is 11.4 Å². The molecular weight excluding hydrogens is 317 g/mol. The SMILES string of the molecule is COCCNCc1nc(-c2cc(F)ccc2Br)no1. The van der Waals surface area contributed by atoms with Crippen molar-refractivity contribution in [1.29, 1.82) is 0 Å². The third-order valence-corrected chi connectivity index (χ3v) is 3.09. The first-order valence-corrected chi connectivity index (χ1v) is 6.47. The van der Waals surface area contributed by atoms with E-state index < -0.39 is 0 Å². The Kier molecular flexibility index (Phi) is 5.00. The van der Waals surface area contributed by atoms with Crippen molar-refractivity contribution in [2.24, 2.45) is 0 Å². The monoisotopic (exact) mass is 329 g/mol. The summed E-state index contributed by atoms with van der Waals surface area (Å²) >= 11 is 3.33. The van der Waals surface area contributed by atoms with E-state index in [0.717, 1.165) is 0 Å². The van der Waals surface area contributed by atoms with Gasteiger partial charge in [0.1, 0.15) is 5.82 Å². The third kappa shape index (κ3) is 3.82. The number of hydrogen-bond donors (Lipinski definition) is 1. The van der Waals surface area contributed by atoms with Gasteiger partial charge in [0, 0.05) is 23.7 Å². The number of methoxy groups -OCH3 is 1. The van der Waals surface area contributed by atoms with Crippen LogP contribution in [0, 0.1) is 5.82 Å². The highest BCUT2D eigenvalue weighted by Gasteiger charge is 2.12. The average molecular weight is 330 g/mol. The summed E-state index contributed by atoms with van der Waals surface area (Å²) in [7, 11) is 1.63. The van der Waals surface area contributed by atoms with E-state index in [0.29, 0.717) is 41.4 Å². The van der Waals surface area contributed by atoms with E-state index in [1.165, 1.54) is 12.1 Å². The zero-order chi connectivity index (χ0) is 13.7. The van der Waals surface area contributed by atoms with Gasteiger partial charge < -0.3 is 14.6 Å². The molecule has 1 heterocycles. The van der Waals surface area contributed by atoms with Gasteiger partial charge in [-0.05, 0) is 18.2 Å². The molecule has 0 saturated heterocycles. The van der Waals surface area contributed by atoms with Gasteiger partial charge in [0.15, 0.2) is 0 Å². The molecule has 1 aromatic carbocycles. The number of benzene rings is 1. The molecule has 1 aromatic heterocycles. The molecule has 0 amide bonds. The van der Waals surface area contributed by atoms with Crippen LogP contribution in [0.1, 0.15) is 5.89 Å². The molecule has 1 N–H and O–H groups in total. The number of aromatic nitrogens is 2. The summed E-state index contributed by atoms with van der Waals surface area (Å²) in [6.45, 7) is 1.75. The van der Waals surface area contributed by atoms with Gasteiger partial charge >= 0.3 is 0 Å². The van der Waals surface area contributed by atoms with Crippen LogP contribution in [0.25, 0.3) is 11.4 Å². The van der Waals surface area contributed by atoms with Gasteiger partial charge in [-0.15, -0.1) is 0 Å². The van der Waals surface area contributed by atoms with Gasteiger partial charge in [-0.3, -0.25) is 0 Å². The van der Waals surface area contributed by atoms with Crippen LogP contribution in [-0.4, -0.2) is 30.4 Å². The van der Waals surface area contributed by atoms with E-state index in [-0.39, 0.29) is 5.82 Å². The van der Waals surface area contributed by atoms with Crippen LogP contribution in [0.5, 0.6) is 0 Å². The zero-order valence-corrected chi connectivity index (χ0v) is 11.9. The molecule has 2 aromatic rings. The summed E-state index contributed by atoms with van der Waals surface area (Å²) in [5.74, 6) is 0.458. The Morgan fingerprint density at radius 1 is 1.47 bits per heavy atom. The predicted octanol–water partition coefficient (Wildman–Crippen LogP) is 2.37. The molecule has 0 atom stereocenters. The number of halogens is 2. The lowest BCUT2D eigenvalue weighted by Crippen LogP contribution is -2.18. The maximum absolute atomic E-state index is 13.2. The molecule has 0 aliphatic heterocycles. The van der Waals surface area contributed by atoms with Gasteiger partial charge in [-0.2, -0.15) is 4.98 Å². The second kappa shape index (κ2) is 6.74. The molecule has 0 unspecified atom stereocenters. The van der Waals surface area contributed by atoms with Gasteiger partial charge in [-0.25, -0.2) is 4.39 Å². The number of rotatable bonds is 6. The first kappa shape index (κ1) is 14.1. The first-order chi connectivity index (χ1) is 9.20. The molecule has 0 radical (unpaired) electrons. The Hall–Kier alpha value is -1.31. The highest BCUT2D eigenvalue weighted by Crippen LogP contribution is 2.26. The third-order valence-electron chi connectivity index (χ3n) is 2.40. The smallest absolute Gasteiger partial charge is 0.240 e. The lowest BCUT2D eigenvalue weighted by atomic mass is 10.2. The number of hydrogen-bond acceptors (Lipinski definition) is 5. The van der Waals surface area contributed by atoms with E-state index in [1.807, 2.05) is 0 Å². The molecule has 19 heavy (non-hydrogen) atoms. The molecule has 5 nitrogen and oxygen atoms in total. The van der Waals surface area contributed by atoms with Gasteiger partial charge in [0.25, 0.3) is 0 Å². The van der Waals surface area contributed by atoms with E-state index in [9.17, 15) is 4.39 Å². The van der Waals surface area contributed by atoms with Gasteiger partial charge in [0.05, 0.1) is 13.2 Å². The quantitative estimate of drug-likeness (QED) is 0.824. The normalized spacial score (nSPS) is 10.9. The number of nitrogens with one attached hydrogen (secondary N) is 1. The van der Waals surface area contributed by atoms with Gasteiger partial charge in [-0.1, -0.05) is 21.1 Å². The van der Waals surface area contributed by atoms with Crippen molar-refractivity contribution < 1.29 is 13.7 Å². The minimum atomic E-state index is -0.345. The van der Waals surface area contributed by atoms with Crippen LogP contribution in [0.3, 0.4) is 0 Å². The average Bonchev–Trinajstić information content (AvgIpc) is 2.86. The fraction of sp³-hybridized carbons (Fsp3) is 0.333. The number of nitrogens with zero attached hydrogens (tertiary/aromatic N) is 2. The van der Waals surface area contributed by atoms with Crippen LogP contribution in [0.2, 0.25) is 0 Å². The summed E-state index contributed by atoms with van der Waals surface area (Å²) in [6.07, 6.45) is 0. The number of ether oxygens (including phenoxy) is 1. The molecule has 102 valence electrons. The van der Waals surface area contributed by atoms with Gasteiger partial charge in [0.2, 0.25) is 11.7 Å². The molecule has 0 bridgehead atoms. The zero-order valence-electron chi connectivity index (χ0n) is 10.3. The van der Waals surface area contributed by atoms with E-state index >= 15 is 0 Å². The fourth-order valence-electron chi connectivity index (χ4n) is 1.47. The molecular formula is C12H13BrFN3O2. The fourth-order valence-corrected chi connectivity index (χ4v) is 1.90. The van der Waals surface area contributed by atoms with Crippen LogP contribution in [0.15, 0.2) is 27.2 Å². The lowest BCUT2D eigenvalue weighted by Gasteiger charge is -1.99. The van der Waals surface area contributed by atoms with Crippen LogP contribution in [-0.2, 0) is 11.3 Å². The van der Waals surface area contributed by atoms with Crippen molar-refractivity contribution in [2.75, 3.05) is 20.3 Å². The topological polar surface area (TPSA) is 60.2 Å². The van der Waals surface area contributed by atoms with Crippen molar-refractivity contribution in [3.63, 3.8) is 0 Å². The van der Waals surface area contributed by atoms with Crippen molar-refractivity contribution in [3.05, 3.63) is 34.4 Å². The summed E-state index contributed by atoms with van der Waals surface area (Å²) in [6, 6.07) is 4.33. The maximum atomic E-state index is 13.2. The Bertz CT molecular complexity index is 548. The Morgan fingerprint density at radius 2 is 2.32 bits per heavy atom. The van der Waals surface area contributed by atoms with Crippen LogP contribution in [0.4, 0.5) is 4.39 Å². The van der Waals surface area contributed by atoms with Crippen LogP contribution < -0.4 is 5.32 Å². The van der Waals surface area contributed by atoms with Crippen LogP contribution >= 0.6 is 15.9 Å². The highest BCUT2D eigenvalue weighted by molar-refractivity contribution is 9.10.